The van der Waals surface area contributed by atoms with Gasteiger partial charge in [0.05, 0.1) is 11.1 Å². The number of rotatable bonds is 6. The minimum absolute atomic E-state index is 0.0443. The molecule has 33 heavy (non-hydrogen) atoms. The Labute approximate surface area is 190 Å². The standard InChI is InChI=1S/C25H22N4O4/c1-28(2)18-14-12-17(13-15-18)26-22(30)16-33-25(32)23-20-10-6-7-11-21(20)24(31)29(27-23)19-8-4-3-5-9-19/h3-15H,16H2,1-2H3,(H,26,30). The monoisotopic (exact) mass is 442 g/mol. The van der Waals surface area contributed by atoms with E-state index in [-0.39, 0.29) is 11.3 Å². The van der Waals surface area contributed by atoms with Gasteiger partial charge in [0.2, 0.25) is 0 Å². The summed E-state index contributed by atoms with van der Waals surface area (Å²) in [7, 11) is 3.84. The summed E-state index contributed by atoms with van der Waals surface area (Å²) < 4.78 is 6.38. The Morgan fingerprint density at radius 3 is 2.21 bits per heavy atom. The van der Waals surface area contributed by atoms with E-state index in [2.05, 4.69) is 10.4 Å². The predicted molar refractivity (Wildman–Crippen MR) is 127 cm³/mol. The number of nitrogens with zero attached hydrogens (tertiary/aromatic N) is 3. The van der Waals surface area contributed by atoms with Crippen molar-refractivity contribution >= 4 is 34.0 Å². The lowest BCUT2D eigenvalue weighted by Crippen LogP contribution is -2.26. The molecule has 0 atom stereocenters. The minimum atomic E-state index is -0.797. The second kappa shape index (κ2) is 9.35. The molecule has 0 fully saturated rings. The molecule has 0 spiro atoms. The second-order valence-electron chi connectivity index (χ2n) is 7.51. The van der Waals surface area contributed by atoms with Gasteiger partial charge in [-0.2, -0.15) is 9.78 Å². The van der Waals surface area contributed by atoms with E-state index in [9.17, 15) is 14.4 Å². The first-order valence-electron chi connectivity index (χ1n) is 10.3. The lowest BCUT2D eigenvalue weighted by atomic mass is 10.1. The van der Waals surface area contributed by atoms with Gasteiger partial charge in [0, 0.05) is 30.9 Å². The Kier molecular flexibility index (Phi) is 6.17. The predicted octanol–water partition coefficient (Wildman–Crippen LogP) is 3.25. The van der Waals surface area contributed by atoms with Gasteiger partial charge in [-0.1, -0.05) is 36.4 Å². The first-order valence-corrected chi connectivity index (χ1v) is 10.3. The average Bonchev–Trinajstić information content (AvgIpc) is 2.84. The summed E-state index contributed by atoms with van der Waals surface area (Å²) in [5.74, 6) is -1.28. The number of aromatic nitrogens is 2. The normalized spacial score (nSPS) is 10.6. The maximum atomic E-state index is 12.9. The molecule has 0 bridgehead atoms. The first kappa shape index (κ1) is 21.8. The third kappa shape index (κ3) is 4.74. The van der Waals surface area contributed by atoms with Crippen molar-refractivity contribution in [3.63, 3.8) is 0 Å². The van der Waals surface area contributed by atoms with Crippen LogP contribution in [0.3, 0.4) is 0 Å². The molecule has 1 heterocycles. The van der Waals surface area contributed by atoms with Crippen LogP contribution in [0.2, 0.25) is 0 Å². The molecule has 1 N–H and O–H groups in total. The molecule has 8 heteroatoms. The number of benzene rings is 3. The van der Waals surface area contributed by atoms with Crippen LogP contribution in [0.25, 0.3) is 16.5 Å². The molecular formula is C25H22N4O4. The van der Waals surface area contributed by atoms with Crippen molar-refractivity contribution in [2.45, 2.75) is 0 Å². The van der Waals surface area contributed by atoms with E-state index in [1.54, 1.807) is 60.7 Å². The number of esters is 1. The van der Waals surface area contributed by atoms with Crippen LogP contribution in [-0.2, 0) is 9.53 Å². The molecule has 0 saturated heterocycles. The lowest BCUT2D eigenvalue weighted by molar-refractivity contribution is -0.119. The number of amides is 1. The number of anilines is 2. The number of carbonyl (C=O) groups is 2. The van der Waals surface area contributed by atoms with E-state index in [1.165, 1.54) is 0 Å². The number of hydrogen-bond acceptors (Lipinski definition) is 6. The fourth-order valence-corrected chi connectivity index (χ4v) is 3.32. The number of carbonyl (C=O) groups excluding carboxylic acids is 2. The molecule has 1 aromatic heterocycles. The average molecular weight is 442 g/mol. The van der Waals surface area contributed by atoms with E-state index in [4.69, 9.17) is 4.74 Å². The molecule has 166 valence electrons. The summed E-state index contributed by atoms with van der Waals surface area (Å²) in [4.78, 5) is 40.0. The van der Waals surface area contributed by atoms with Gasteiger partial charge in [0.1, 0.15) is 0 Å². The van der Waals surface area contributed by atoms with Crippen molar-refractivity contribution in [3.05, 3.63) is 94.9 Å². The van der Waals surface area contributed by atoms with Crippen LogP contribution in [0.5, 0.6) is 0 Å². The zero-order chi connectivity index (χ0) is 23.4. The molecular weight excluding hydrogens is 420 g/mol. The Morgan fingerprint density at radius 2 is 1.55 bits per heavy atom. The van der Waals surface area contributed by atoms with Crippen LogP contribution < -0.4 is 15.8 Å². The maximum absolute atomic E-state index is 12.9. The molecule has 8 nitrogen and oxygen atoms in total. The summed E-state index contributed by atoms with van der Waals surface area (Å²) in [6.07, 6.45) is 0. The van der Waals surface area contributed by atoms with Gasteiger partial charge in [0.25, 0.3) is 11.5 Å². The number of hydrogen-bond donors (Lipinski definition) is 1. The third-order valence-corrected chi connectivity index (χ3v) is 5.00. The first-order chi connectivity index (χ1) is 15.9. The van der Waals surface area contributed by atoms with Crippen LogP contribution in [0.1, 0.15) is 10.5 Å². The molecule has 4 aromatic rings. The van der Waals surface area contributed by atoms with Crippen LogP contribution in [0.15, 0.2) is 83.7 Å². The smallest absolute Gasteiger partial charge is 0.359 e. The molecule has 0 aliphatic carbocycles. The van der Waals surface area contributed by atoms with Gasteiger partial charge < -0.3 is 15.0 Å². The van der Waals surface area contributed by atoms with Crippen LogP contribution in [0.4, 0.5) is 11.4 Å². The third-order valence-electron chi connectivity index (χ3n) is 5.00. The molecule has 0 saturated carbocycles. The minimum Gasteiger partial charge on any atom is -0.451 e. The van der Waals surface area contributed by atoms with Gasteiger partial charge >= 0.3 is 5.97 Å². The van der Waals surface area contributed by atoms with E-state index < -0.39 is 18.5 Å². The largest absolute Gasteiger partial charge is 0.451 e. The Hall–Kier alpha value is -4.46. The molecule has 3 aromatic carbocycles. The van der Waals surface area contributed by atoms with Crippen LogP contribution in [0, 0.1) is 0 Å². The molecule has 0 aliphatic rings. The van der Waals surface area contributed by atoms with Crippen molar-refractivity contribution in [2.75, 3.05) is 30.9 Å². The highest BCUT2D eigenvalue weighted by atomic mass is 16.5. The highest BCUT2D eigenvalue weighted by Crippen LogP contribution is 2.17. The molecule has 0 radical (unpaired) electrons. The Morgan fingerprint density at radius 1 is 0.909 bits per heavy atom. The quantitative estimate of drug-likeness (QED) is 0.461. The van der Waals surface area contributed by atoms with Gasteiger partial charge in [0.15, 0.2) is 12.3 Å². The van der Waals surface area contributed by atoms with Gasteiger partial charge in [-0.3, -0.25) is 9.59 Å². The molecule has 0 aliphatic heterocycles. The van der Waals surface area contributed by atoms with Gasteiger partial charge in [-0.15, -0.1) is 0 Å². The summed E-state index contributed by atoms with van der Waals surface area (Å²) in [6, 6.07) is 22.7. The Bertz CT molecular complexity index is 1360. The van der Waals surface area contributed by atoms with Crippen molar-refractivity contribution in [2.24, 2.45) is 0 Å². The van der Waals surface area contributed by atoms with Crippen molar-refractivity contribution in [1.82, 2.24) is 9.78 Å². The molecule has 0 unspecified atom stereocenters. The number of nitrogens with one attached hydrogen (secondary N) is 1. The highest BCUT2D eigenvalue weighted by Gasteiger charge is 2.19. The number of fused-ring (bicyclic) bond motifs is 1. The molecule has 1 amide bonds. The van der Waals surface area contributed by atoms with Crippen molar-refractivity contribution < 1.29 is 14.3 Å². The van der Waals surface area contributed by atoms with Crippen molar-refractivity contribution in [1.29, 1.82) is 0 Å². The van der Waals surface area contributed by atoms with Gasteiger partial charge in [-0.05, 0) is 42.5 Å². The van der Waals surface area contributed by atoms with Crippen molar-refractivity contribution in [3.8, 4) is 5.69 Å². The number of ether oxygens (including phenoxy) is 1. The summed E-state index contributed by atoms with van der Waals surface area (Å²) >= 11 is 0. The highest BCUT2D eigenvalue weighted by molar-refractivity contribution is 6.03. The SMILES string of the molecule is CN(C)c1ccc(NC(=O)COC(=O)c2nn(-c3ccccc3)c(=O)c3ccccc23)cc1. The summed E-state index contributed by atoms with van der Waals surface area (Å²) in [5, 5.41) is 7.63. The lowest BCUT2D eigenvalue weighted by Gasteiger charge is -2.13. The zero-order valence-corrected chi connectivity index (χ0v) is 18.2. The maximum Gasteiger partial charge on any atom is 0.359 e. The topological polar surface area (TPSA) is 93.5 Å². The van der Waals surface area contributed by atoms with E-state index in [1.807, 2.05) is 37.2 Å². The summed E-state index contributed by atoms with van der Waals surface area (Å²) in [5.41, 5.74) is 1.69. The van der Waals surface area contributed by atoms with E-state index >= 15 is 0 Å². The van der Waals surface area contributed by atoms with E-state index in [0.717, 1.165) is 10.4 Å². The van der Waals surface area contributed by atoms with Crippen LogP contribution >= 0.6 is 0 Å². The molecule has 4 rings (SSSR count). The fourth-order valence-electron chi connectivity index (χ4n) is 3.32. The fraction of sp³-hybridized carbons (Fsp3) is 0.120. The Balaban J connectivity index is 1.55. The zero-order valence-electron chi connectivity index (χ0n) is 18.2. The van der Waals surface area contributed by atoms with Gasteiger partial charge in [-0.25, -0.2) is 4.79 Å². The van der Waals surface area contributed by atoms with E-state index in [0.29, 0.717) is 22.1 Å². The second-order valence-corrected chi connectivity index (χ2v) is 7.51. The number of para-hydroxylation sites is 1. The van der Waals surface area contributed by atoms with Crippen LogP contribution in [-0.4, -0.2) is 42.4 Å². The summed E-state index contributed by atoms with van der Waals surface area (Å²) in [6.45, 7) is -0.491.